The fourth-order valence-corrected chi connectivity index (χ4v) is 2.34. The van der Waals surface area contributed by atoms with Gasteiger partial charge in [0.15, 0.2) is 0 Å². The van der Waals surface area contributed by atoms with Gasteiger partial charge in [-0.15, -0.1) is 0 Å². The molecule has 1 fully saturated rings. The zero-order chi connectivity index (χ0) is 15.5. The normalized spacial score (nSPS) is 17.1. The van der Waals surface area contributed by atoms with Crippen LogP contribution in [0.1, 0.15) is 16.9 Å². The van der Waals surface area contributed by atoms with E-state index in [0.29, 0.717) is 24.4 Å². The molecule has 2 amide bonds. The molecule has 0 aliphatic carbocycles. The smallest absolute Gasteiger partial charge is 0.269 e. The molecule has 7 heteroatoms. The van der Waals surface area contributed by atoms with Crippen LogP contribution < -0.4 is 15.4 Å². The summed E-state index contributed by atoms with van der Waals surface area (Å²) in [4.78, 5) is 23.3. The highest BCUT2D eigenvalue weighted by Crippen LogP contribution is 2.22. The number of aromatic nitrogens is 2. The zero-order valence-electron chi connectivity index (χ0n) is 12.1. The van der Waals surface area contributed by atoms with E-state index in [1.807, 2.05) is 24.3 Å². The minimum Gasteiger partial charge on any atom is -0.497 e. The average Bonchev–Trinajstić information content (AvgIpc) is 3.16. The SMILES string of the molecule is COc1cccc(-c2cc(C(=O)N[C@@H]3CNC(=O)C3)[nH]n2)c1. The summed E-state index contributed by atoms with van der Waals surface area (Å²) >= 11 is 0. The van der Waals surface area contributed by atoms with Crippen LogP contribution in [0, 0.1) is 0 Å². The standard InChI is InChI=1S/C15H16N4O3/c1-22-11-4-2-3-9(5-11)12-7-13(19-18-12)15(21)17-10-6-14(20)16-8-10/h2-5,7,10H,6,8H2,1H3,(H,16,20)(H,17,21)(H,18,19)/t10-/m0/s1. The van der Waals surface area contributed by atoms with E-state index in [9.17, 15) is 9.59 Å². The van der Waals surface area contributed by atoms with E-state index in [2.05, 4.69) is 20.8 Å². The number of benzene rings is 1. The average molecular weight is 300 g/mol. The lowest BCUT2D eigenvalue weighted by Crippen LogP contribution is -2.36. The van der Waals surface area contributed by atoms with E-state index in [4.69, 9.17) is 4.74 Å². The largest absolute Gasteiger partial charge is 0.497 e. The van der Waals surface area contributed by atoms with Crippen molar-refractivity contribution >= 4 is 11.8 Å². The first-order chi connectivity index (χ1) is 10.7. The third-order valence-electron chi connectivity index (χ3n) is 3.50. The Balaban J connectivity index is 1.72. The molecule has 0 spiro atoms. The Hall–Kier alpha value is -2.83. The number of amides is 2. The van der Waals surface area contributed by atoms with Crippen LogP contribution in [0.3, 0.4) is 0 Å². The van der Waals surface area contributed by atoms with Crippen molar-refractivity contribution in [3.8, 4) is 17.0 Å². The summed E-state index contributed by atoms with van der Waals surface area (Å²) < 4.78 is 5.17. The van der Waals surface area contributed by atoms with Crippen LogP contribution in [0.25, 0.3) is 11.3 Å². The number of carbonyl (C=O) groups is 2. The Morgan fingerprint density at radius 3 is 3.00 bits per heavy atom. The quantitative estimate of drug-likeness (QED) is 0.774. The van der Waals surface area contributed by atoms with Gasteiger partial charge in [-0.05, 0) is 18.2 Å². The van der Waals surface area contributed by atoms with Gasteiger partial charge in [0.05, 0.1) is 18.8 Å². The number of hydrogen-bond donors (Lipinski definition) is 3. The molecule has 7 nitrogen and oxygen atoms in total. The van der Waals surface area contributed by atoms with Gasteiger partial charge < -0.3 is 15.4 Å². The second kappa shape index (κ2) is 5.88. The van der Waals surface area contributed by atoms with Gasteiger partial charge in [0.2, 0.25) is 5.91 Å². The van der Waals surface area contributed by atoms with Gasteiger partial charge in [-0.1, -0.05) is 12.1 Å². The van der Waals surface area contributed by atoms with E-state index in [0.717, 1.165) is 11.3 Å². The number of methoxy groups -OCH3 is 1. The molecule has 1 aromatic heterocycles. The molecule has 0 saturated carbocycles. The van der Waals surface area contributed by atoms with Crippen molar-refractivity contribution in [3.63, 3.8) is 0 Å². The molecule has 0 unspecified atom stereocenters. The maximum atomic E-state index is 12.1. The van der Waals surface area contributed by atoms with Crippen LogP contribution in [-0.4, -0.2) is 41.7 Å². The van der Waals surface area contributed by atoms with Crippen molar-refractivity contribution in [1.29, 1.82) is 0 Å². The summed E-state index contributed by atoms with van der Waals surface area (Å²) in [5, 5.41) is 12.3. The number of H-pyrrole nitrogens is 1. The van der Waals surface area contributed by atoms with Crippen molar-refractivity contribution in [1.82, 2.24) is 20.8 Å². The molecule has 3 N–H and O–H groups in total. The van der Waals surface area contributed by atoms with Crippen LogP contribution in [0.2, 0.25) is 0 Å². The van der Waals surface area contributed by atoms with Gasteiger partial charge >= 0.3 is 0 Å². The van der Waals surface area contributed by atoms with Gasteiger partial charge in [0, 0.05) is 18.5 Å². The van der Waals surface area contributed by atoms with Crippen molar-refractivity contribution in [3.05, 3.63) is 36.0 Å². The highest BCUT2D eigenvalue weighted by atomic mass is 16.5. The molecule has 3 rings (SSSR count). The molecule has 2 heterocycles. The molecule has 1 saturated heterocycles. The number of rotatable bonds is 4. The first-order valence-electron chi connectivity index (χ1n) is 6.93. The minimum absolute atomic E-state index is 0.0491. The molecule has 1 aromatic carbocycles. The van der Waals surface area contributed by atoms with Gasteiger partial charge in [-0.3, -0.25) is 14.7 Å². The molecular weight excluding hydrogens is 284 g/mol. The van der Waals surface area contributed by atoms with Crippen molar-refractivity contribution in [2.24, 2.45) is 0 Å². The Morgan fingerprint density at radius 1 is 1.41 bits per heavy atom. The molecule has 1 aliphatic rings. The summed E-state index contributed by atoms with van der Waals surface area (Å²) in [5.74, 6) is 0.400. The summed E-state index contributed by atoms with van der Waals surface area (Å²) in [7, 11) is 1.60. The number of nitrogens with one attached hydrogen (secondary N) is 3. The molecule has 114 valence electrons. The van der Waals surface area contributed by atoms with E-state index >= 15 is 0 Å². The molecule has 1 aliphatic heterocycles. The maximum absolute atomic E-state index is 12.1. The number of ether oxygens (including phenoxy) is 1. The van der Waals surface area contributed by atoms with E-state index in [1.54, 1.807) is 13.2 Å². The Morgan fingerprint density at radius 2 is 2.27 bits per heavy atom. The third kappa shape index (κ3) is 2.93. The second-order valence-corrected chi connectivity index (χ2v) is 5.08. The van der Waals surface area contributed by atoms with Crippen LogP contribution in [0.15, 0.2) is 30.3 Å². The molecule has 1 atom stereocenters. The van der Waals surface area contributed by atoms with Crippen LogP contribution in [0.4, 0.5) is 0 Å². The predicted octanol–water partition coefficient (Wildman–Crippen LogP) is 0.704. The van der Waals surface area contributed by atoms with Crippen LogP contribution >= 0.6 is 0 Å². The highest BCUT2D eigenvalue weighted by molar-refractivity contribution is 5.94. The molecule has 0 radical (unpaired) electrons. The fourth-order valence-electron chi connectivity index (χ4n) is 2.34. The minimum atomic E-state index is -0.275. The molecule has 2 aromatic rings. The lowest BCUT2D eigenvalue weighted by atomic mass is 10.1. The summed E-state index contributed by atoms with van der Waals surface area (Å²) in [6.07, 6.45) is 0.308. The molecule has 22 heavy (non-hydrogen) atoms. The number of nitrogens with zero attached hydrogens (tertiary/aromatic N) is 1. The highest BCUT2D eigenvalue weighted by Gasteiger charge is 2.24. The summed E-state index contributed by atoms with van der Waals surface area (Å²) in [5.41, 5.74) is 1.87. The zero-order valence-corrected chi connectivity index (χ0v) is 12.1. The molecular formula is C15H16N4O3. The number of aromatic amines is 1. The Labute approximate surface area is 127 Å². The fraction of sp³-hybridized carbons (Fsp3) is 0.267. The number of carbonyl (C=O) groups excluding carboxylic acids is 2. The number of hydrogen-bond acceptors (Lipinski definition) is 4. The van der Waals surface area contributed by atoms with E-state index < -0.39 is 0 Å². The van der Waals surface area contributed by atoms with Crippen molar-refractivity contribution in [2.75, 3.05) is 13.7 Å². The van der Waals surface area contributed by atoms with Crippen LogP contribution in [-0.2, 0) is 4.79 Å². The first-order valence-corrected chi connectivity index (χ1v) is 6.93. The second-order valence-electron chi connectivity index (χ2n) is 5.08. The van der Waals surface area contributed by atoms with E-state index in [1.165, 1.54) is 0 Å². The van der Waals surface area contributed by atoms with Gasteiger partial charge in [-0.25, -0.2) is 0 Å². The van der Waals surface area contributed by atoms with Crippen molar-refractivity contribution in [2.45, 2.75) is 12.5 Å². The Kier molecular flexibility index (Phi) is 3.78. The first kappa shape index (κ1) is 14.1. The topological polar surface area (TPSA) is 96.1 Å². The Bertz CT molecular complexity index is 710. The third-order valence-corrected chi connectivity index (χ3v) is 3.50. The van der Waals surface area contributed by atoms with Crippen molar-refractivity contribution < 1.29 is 14.3 Å². The predicted molar refractivity (Wildman–Crippen MR) is 79.5 cm³/mol. The lowest BCUT2D eigenvalue weighted by molar-refractivity contribution is -0.119. The monoisotopic (exact) mass is 300 g/mol. The summed E-state index contributed by atoms with van der Waals surface area (Å²) in [6, 6.07) is 8.93. The van der Waals surface area contributed by atoms with Crippen LogP contribution in [0.5, 0.6) is 5.75 Å². The van der Waals surface area contributed by atoms with E-state index in [-0.39, 0.29) is 17.9 Å². The van der Waals surface area contributed by atoms with Gasteiger partial charge in [0.25, 0.3) is 5.91 Å². The lowest BCUT2D eigenvalue weighted by Gasteiger charge is -2.08. The summed E-state index contributed by atoms with van der Waals surface area (Å²) in [6.45, 7) is 0.460. The molecule has 0 bridgehead atoms. The van der Waals surface area contributed by atoms with Gasteiger partial charge in [0.1, 0.15) is 11.4 Å². The van der Waals surface area contributed by atoms with Gasteiger partial charge in [-0.2, -0.15) is 5.10 Å². The maximum Gasteiger partial charge on any atom is 0.269 e.